The van der Waals surface area contributed by atoms with Crippen LogP contribution < -0.4 is 10.9 Å². The molecule has 9 nitrogen and oxygen atoms in total. The first kappa shape index (κ1) is 19.6. The number of amides is 2. The Labute approximate surface area is 130 Å². The van der Waals surface area contributed by atoms with Crippen molar-refractivity contribution < 1.29 is 14.4 Å². The van der Waals surface area contributed by atoms with E-state index in [1.807, 2.05) is 20.6 Å². The summed E-state index contributed by atoms with van der Waals surface area (Å²) >= 11 is 0. The molecule has 2 N–H and O–H groups in total. The summed E-state index contributed by atoms with van der Waals surface area (Å²) in [6, 6.07) is 0. The fraction of sp³-hybridized carbons (Fsp3) is 0.615. The SMILES string of the molecule is C=O.CN=C1NN(C)C(=O)C1C.CN=C1NN(C)C(=O)C1C. The molecule has 2 aliphatic heterocycles. The molecule has 0 radical (unpaired) electrons. The van der Waals surface area contributed by atoms with Crippen LogP contribution in [0, 0.1) is 11.8 Å². The lowest BCUT2D eigenvalue weighted by atomic mass is 10.2. The molecule has 124 valence electrons. The van der Waals surface area contributed by atoms with Crippen LogP contribution in [0.15, 0.2) is 9.98 Å². The molecule has 2 unspecified atom stereocenters. The number of nitrogens with one attached hydrogen (secondary N) is 2. The molecule has 9 heteroatoms. The van der Waals surface area contributed by atoms with Gasteiger partial charge in [0.1, 0.15) is 18.5 Å². The first-order chi connectivity index (χ1) is 10.3. The number of rotatable bonds is 0. The molecular formula is C13H24N6O3. The van der Waals surface area contributed by atoms with Crippen LogP contribution in [0.4, 0.5) is 0 Å². The van der Waals surface area contributed by atoms with Crippen LogP contribution in [0.25, 0.3) is 0 Å². The van der Waals surface area contributed by atoms with E-state index in [2.05, 4.69) is 20.8 Å². The van der Waals surface area contributed by atoms with Crippen molar-refractivity contribution in [2.24, 2.45) is 21.8 Å². The predicted molar refractivity (Wildman–Crippen MR) is 84.0 cm³/mol. The fourth-order valence-electron chi connectivity index (χ4n) is 1.95. The van der Waals surface area contributed by atoms with Gasteiger partial charge in [-0.05, 0) is 13.8 Å². The Morgan fingerprint density at radius 3 is 1.23 bits per heavy atom. The molecule has 0 aromatic heterocycles. The van der Waals surface area contributed by atoms with Crippen molar-refractivity contribution in [3.8, 4) is 0 Å². The summed E-state index contributed by atoms with van der Waals surface area (Å²) in [5.41, 5.74) is 5.67. The van der Waals surface area contributed by atoms with Crippen LogP contribution in [-0.2, 0) is 14.4 Å². The number of aliphatic imine (C=N–C) groups is 2. The average Bonchev–Trinajstić information content (AvgIpc) is 2.94. The van der Waals surface area contributed by atoms with Crippen LogP contribution in [0.2, 0.25) is 0 Å². The van der Waals surface area contributed by atoms with Crippen LogP contribution in [-0.4, -0.2) is 68.5 Å². The van der Waals surface area contributed by atoms with Crippen molar-refractivity contribution in [3.63, 3.8) is 0 Å². The van der Waals surface area contributed by atoms with Crippen molar-refractivity contribution in [3.05, 3.63) is 0 Å². The Hall–Kier alpha value is -2.45. The molecule has 2 saturated heterocycles. The molecule has 2 rings (SSSR count). The number of hydrazine groups is 2. The second-order valence-corrected chi connectivity index (χ2v) is 4.68. The molecule has 2 amide bonds. The molecule has 0 spiro atoms. The second-order valence-electron chi connectivity index (χ2n) is 4.68. The fourth-order valence-corrected chi connectivity index (χ4v) is 1.95. The van der Waals surface area contributed by atoms with E-state index in [-0.39, 0.29) is 23.7 Å². The molecule has 0 aliphatic carbocycles. The van der Waals surface area contributed by atoms with E-state index in [1.54, 1.807) is 28.2 Å². The number of hydrogen-bond acceptors (Lipinski definition) is 5. The Bertz CT molecular complexity index is 434. The van der Waals surface area contributed by atoms with E-state index in [0.717, 1.165) is 11.7 Å². The maximum atomic E-state index is 11.1. The standard InChI is InChI=1S/2C6H11N3O.CH2O/c2*1-4-5(7-2)8-9(3)6(4)10;1-2/h2*4H,1-3H3,(H,7,8);1H2. The normalized spacial score (nSPS) is 27.0. The molecule has 2 fully saturated rings. The highest BCUT2D eigenvalue weighted by molar-refractivity contribution is 6.07. The lowest BCUT2D eigenvalue weighted by Crippen LogP contribution is -2.31. The van der Waals surface area contributed by atoms with E-state index in [1.165, 1.54) is 10.0 Å². The summed E-state index contributed by atoms with van der Waals surface area (Å²) in [4.78, 5) is 37.9. The Morgan fingerprint density at radius 2 is 1.14 bits per heavy atom. The summed E-state index contributed by atoms with van der Waals surface area (Å²) in [6.45, 7) is 5.67. The van der Waals surface area contributed by atoms with Crippen molar-refractivity contribution in [1.29, 1.82) is 0 Å². The third kappa shape index (κ3) is 4.27. The van der Waals surface area contributed by atoms with Gasteiger partial charge in [-0.1, -0.05) is 0 Å². The number of amidine groups is 2. The summed E-state index contributed by atoms with van der Waals surface area (Å²) in [6.07, 6.45) is 0. The summed E-state index contributed by atoms with van der Waals surface area (Å²) in [5, 5.41) is 2.90. The van der Waals surface area contributed by atoms with Crippen LogP contribution in [0.1, 0.15) is 13.8 Å². The zero-order valence-electron chi connectivity index (χ0n) is 13.9. The maximum Gasteiger partial charge on any atom is 0.251 e. The average molecular weight is 312 g/mol. The number of carbonyl (C=O) groups excluding carboxylic acids is 3. The highest BCUT2D eigenvalue weighted by atomic mass is 16.2. The van der Waals surface area contributed by atoms with Crippen LogP contribution in [0.5, 0.6) is 0 Å². The number of hydrogen-bond donors (Lipinski definition) is 2. The molecular weight excluding hydrogens is 288 g/mol. The minimum absolute atomic E-state index is 0.0700. The quantitative estimate of drug-likeness (QED) is 0.601. The molecule has 22 heavy (non-hydrogen) atoms. The summed E-state index contributed by atoms with van der Waals surface area (Å²) in [7, 11) is 6.73. The third-order valence-corrected chi connectivity index (χ3v) is 3.27. The Morgan fingerprint density at radius 1 is 0.864 bits per heavy atom. The van der Waals surface area contributed by atoms with E-state index in [9.17, 15) is 9.59 Å². The van der Waals surface area contributed by atoms with Gasteiger partial charge in [0.25, 0.3) is 11.8 Å². The van der Waals surface area contributed by atoms with Crippen molar-refractivity contribution in [2.75, 3.05) is 28.2 Å². The van der Waals surface area contributed by atoms with Crippen molar-refractivity contribution >= 4 is 30.3 Å². The highest BCUT2D eigenvalue weighted by Crippen LogP contribution is 2.08. The van der Waals surface area contributed by atoms with Crippen molar-refractivity contribution in [2.45, 2.75) is 13.8 Å². The number of carbonyl (C=O) groups is 3. The van der Waals surface area contributed by atoms with E-state index in [0.29, 0.717) is 0 Å². The van der Waals surface area contributed by atoms with Gasteiger partial charge in [0.2, 0.25) is 0 Å². The zero-order chi connectivity index (χ0) is 17.4. The predicted octanol–water partition coefficient (Wildman–Crippen LogP) is -0.930. The van der Waals surface area contributed by atoms with Crippen molar-refractivity contribution in [1.82, 2.24) is 20.9 Å². The molecule has 2 aliphatic rings. The Balaban J connectivity index is 0.000000360. The van der Waals surface area contributed by atoms with Gasteiger partial charge in [0, 0.05) is 28.2 Å². The van der Waals surface area contributed by atoms with E-state index in [4.69, 9.17) is 4.79 Å². The summed E-state index contributed by atoms with van der Waals surface area (Å²) in [5.74, 6) is 1.42. The second kappa shape index (κ2) is 8.75. The first-order valence-electron chi connectivity index (χ1n) is 6.64. The lowest BCUT2D eigenvalue weighted by molar-refractivity contribution is -0.131. The molecule has 2 heterocycles. The summed E-state index contributed by atoms with van der Waals surface area (Å²) < 4.78 is 0. The van der Waals surface area contributed by atoms with Gasteiger partial charge in [-0.2, -0.15) is 0 Å². The molecule has 0 saturated carbocycles. The number of nitrogens with zero attached hydrogens (tertiary/aromatic N) is 4. The smallest absolute Gasteiger partial charge is 0.251 e. The van der Waals surface area contributed by atoms with Gasteiger partial charge in [-0.25, -0.2) is 0 Å². The van der Waals surface area contributed by atoms with Crippen LogP contribution in [0.3, 0.4) is 0 Å². The molecule has 0 aromatic carbocycles. The third-order valence-electron chi connectivity index (χ3n) is 3.27. The Kier molecular flexibility index (Phi) is 7.78. The maximum absolute atomic E-state index is 11.1. The van der Waals surface area contributed by atoms with Gasteiger partial charge in [0.05, 0.1) is 11.8 Å². The van der Waals surface area contributed by atoms with Gasteiger partial charge in [0.15, 0.2) is 0 Å². The zero-order valence-corrected chi connectivity index (χ0v) is 13.9. The molecule has 2 atom stereocenters. The van der Waals surface area contributed by atoms with Gasteiger partial charge in [-0.15, -0.1) is 0 Å². The van der Waals surface area contributed by atoms with E-state index < -0.39 is 0 Å². The highest BCUT2D eigenvalue weighted by Gasteiger charge is 2.31. The monoisotopic (exact) mass is 312 g/mol. The van der Waals surface area contributed by atoms with Gasteiger partial charge >= 0.3 is 0 Å². The van der Waals surface area contributed by atoms with E-state index >= 15 is 0 Å². The lowest BCUT2D eigenvalue weighted by Gasteiger charge is -2.05. The topological polar surface area (TPSA) is 106 Å². The molecule has 0 aromatic rings. The van der Waals surface area contributed by atoms with Crippen LogP contribution >= 0.6 is 0 Å². The van der Waals surface area contributed by atoms with Gasteiger partial charge in [-0.3, -0.25) is 40.4 Å². The largest absolute Gasteiger partial charge is 0.307 e. The minimum Gasteiger partial charge on any atom is -0.307 e. The first-order valence-corrected chi connectivity index (χ1v) is 6.64. The minimum atomic E-state index is -0.102. The molecule has 0 bridgehead atoms. The van der Waals surface area contributed by atoms with Gasteiger partial charge < -0.3 is 4.79 Å².